The monoisotopic (exact) mass is 252 g/mol. The van der Waals surface area contributed by atoms with Gasteiger partial charge >= 0.3 is 0 Å². The van der Waals surface area contributed by atoms with Crippen molar-refractivity contribution in [3.8, 4) is 11.4 Å². The van der Waals surface area contributed by atoms with Gasteiger partial charge in [-0.2, -0.15) is 0 Å². The van der Waals surface area contributed by atoms with E-state index < -0.39 is 0 Å². The van der Waals surface area contributed by atoms with E-state index in [2.05, 4.69) is 10.2 Å². The lowest BCUT2D eigenvalue weighted by molar-refractivity contribution is 0.412. The van der Waals surface area contributed by atoms with Gasteiger partial charge in [0.15, 0.2) is 0 Å². The fraction of sp³-hybridized carbons (Fsp3) is 0.273. The van der Waals surface area contributed by atoms with Crippen LogP contribution in [0, 0.1) is 0 Å². The summed E-state index contributed by atoms with van der Waals surface area (Å²) in [6.07, 6.45) is 2.27. The molecule has 0 bridgehead atoms. The number of ether oxygens (including phenoxy) is 1. The third kappa shape index (κ3) is 2.40. The van der Waals surface area contributed by atoms with Crippen molar-refractivity contribution < 1.29 is 4.74 Å². The molecule has 0 aliphatic rings. The van der Waals surface area contributed by atoms with Crippen LogP contribution in [0.2, 0.25) is 5.02 Å². The summed E-state index contributed by atoms with van der Waals surface area (Å²) in [6.45, 7) is 0.515. The zero-order valence-corrected chi connectivity index (χ0v) is 10.2. The number of nitrogens with zero attached hydrogens (tertiary/aromatic N) is 3. The van der Waals surface area contributed by atoms with Gasteiger partial charge in [-0.25, -0.2) is 0 Å². The molecule has 0 amide bonds. The second-order valence-electron chi connectivity index (χ2n) is 3.47. The van der Waals surface area contributed by atoms with Gasteiger partial charge in [-0.15, -0.1) is 10.2 Å². The van der Waals surface area contributed by atoms with E-state index in [0.29, 0.717) is 23.7 Å². The molecule has 0 aliphatic heterocycles. The lowest BCUT2D eigenvalue weighted by atomic mass is 10.2. The Balaban J connectivity index is 2.51. The fourth-order valence-corrected chi connectivity index (χ4v) is 1.78. The lowest BCUT2D eigenvalue weighted by Crippen LogP contribution is -2.09. The Morgan fingerprint density at radius 2 is 2.29 bits per heavy atom. The van der Waals surface area contributed by atoms with Gasteiger partial charge in [0.25, 0.3) is 0 Å². The second-order valence-corrected chi connectivity index (χ2v) is 3.91. The van der Waals surface area contributed by atoms with E-state index in [1.54, 1.807) is 19.5 Å². The number of halogens is 1. The van der Waals surface area contributed by atoms with Crippen LogP contribution in [0.15, 0.2) is 24.5 Å². The third-order valence-corrected chi connectivity index (χ3v) is 2.62. The first-order chi connectivity index (χ1) is 8.26. The molecule has 2 aromatic rings. The Bertz CT molecular complexity index is 512. The van der Waals surface area contributed by atoms with Crippen molar-refractivity contribution in [2.24, 2.45) is 5.73 Å². The molecule has 2 rings (SSSR count). The molecular formula is C11H13ClN4O. The second kappa shape index (κ2) is 5.16. The van der Waals surface area contributed by atoms with Gasteiger partial charge < -0.3 is 10.5 Å². The molecule has 0 spiro atoms. The summed E-state index contributed by atoms with van der Waals surface area (Å²) in [7, 11) is 1.61. The number of rotatable bonds is 4. The molecule has 2 N–H and O–H groups in total. The summed E-state index contributed by atoms with van der Waals surface area (Å²) in [4.78, 5) is 0. The molecule has 0 saturated heterocycles. The molecule has 0 unspecified atom stereocenters. The van der Waals surface area contributed by atoms with Crippen molar-refractivity contribution in [1.29, 1.82) is 0 Å². The highest BCUT2D eigenvalue weighted by atomic mass is 35.5. The predicted octanol–water partition coefficient (Wildman–Crippen LogP) is 1.43. The van der Waals surface area contributed by atoms with Crippen LogP contribution >= 0.6 is 11.6 Å². The van der Waals surface area contributed by atoms with E-state index in [1.165, 1.54) is 0 Å². The van der Waals surface area contributed by atoms with Crippen LogP contribution in [-0.2, 0) is 6.42 Å². The first-order valence-electron chi connectivity index (χ1n) is 5.19. The fourth-order valence-electron chi connectivity index (χ4n) is 1.61. The molecular weight excluding hydrogens is 240 g/mol. The minimum absolute atomic E-state index is 0.515. The topological polar surface area (TPSA) is 66.0 Å². The van der Waals surface area contributed by atoms with Crippen molar-refractivity contribution in [2.75, 3.05) is 13.7 Å². The summed E-state index contributed by atoms with van der Waals surface area (Å²) in [5, 5.41) is 8.54. The number of nitrogens with two attached hydrogens (primary N) is 1. The zero-order chi connectivity index (χ0) is 12.3. The number of aromatic nitrogens is 3. The van der Waals surface area contributed by atoms with Gasteiger partial charge in [-0.05, 0) is 24.7 Å². The number of benzene rings is 1. The summed E-state index contributed by atoms with van der Waals surface area (Å²) >= 11 is 5.99. The molecule has 0 fully saturated rings. The average Bonchev–Trinajstić information content (AvgIpc) is 2.77. The Morgan fingerprint density at radius 3 is 3.00 bits per heavy atom. The van der Waals surface area contributed by atoms with E-state index in [-0.39, 0.29) is 0 Å². The van der Waals surface area contributed by atoms with Crippen molar-refractivity contribution in [1.82, 2.24) is 14.8 Å². The van der Waals surface area contributed by atoms with Gasteiger partial charge in [0.05, 0.1) is 12.8 Å². The van der Waals surface area contributed by atoms with Gasteiger partial charge in [0.1, 0.15) is 17.9 Å². The van der Waals surface area contributed by atoms with Crippen LogP contribution in [0.4, 0.5) is 0 Å². The largest absolute Gasteiger partial charge is 0.495 e. The molecule has 0 radical (unpaired) electrons. The van der Waals surface area contributed by atoms with Gasteiger partial charge in [0, 0.05) is 11.4 Å². The van der Waals surface area contributed by atoms with Crippen molar-refractivity contribution in [3.05, 3.63) is 35.4 Å². The molecule has 90 valence electrons. The maximum atomic E-state index is 5.99. The van der Waals surface area contributed by atoms with Gasteiger partial charge in [-0.3, -0.25) is 4.57 Å². The third-order valence-electron chi connectivity index (χ3n) is 2.39. The molecule has 17 heavy (non-hydrogen) atoms. The predicted molar refractivity (Wildman–Crippen MR) is 65.7 cm³/mol. The Labute approximate surface area is 104 Å². The highest BCUT2D eigenvalue weighted by Crippen LogP contribution is 2.26. The molecule has 5 nitrogen and oxygen atoms in total. The molecule has 6 heteroatoms. The molecule has 1 heterocycles. The van der Waals surface area contributed by atoms with E-state index >= 15 is 0 Å². The Morgan fingerprint density at radius 1 is 1.47 bits per heavy atom. The summed E-state index contributed by atoms with van der Waals surface area (Å²) in [5.74, 6) is 1.50. The zero-order valence-electron chi connectivity index (χ0n) is 9.43. The summed E-state index contributed by atoms with van der Waals surface area (Å²) < 4.78 is 7.12. The van der Waals surface area contributed by atoms with Crippen LogP contribution in [0.25, 0.3) is 5.69 Å². The van der Waals surface area contributed by atoms with E-state index in [1.807, 2.05) is 16.7 Å². The smallest absolute Gasteiger partial charge is 0.143 e. The standard InChI is InChI=1S/C11H13ClN4O/c1-17-10-3-2-8(12)6-9(10)16-7-14-15-11(16)4-5-13/h2-3,6-7H,4-5,13H2,1H3. The Hall–Kier alpha value is -1.59. The lowest BCUT2D eigenvalue weighted by Gasteiger charge is -2.11. The molecule has 1 aromatic carbocycles. The van der Waals surface area contributed by atoms with Crippen molar-refractivity contribution >= 4 is 11.6 Å². The molecule has 0 saturated carbocycles. The van der Waals surface area contributed by atoms with Crippen molar-refractivity contribution in [3.63, 3.8) is 0 Å². The first-order valence-corrected chi connectivity index (χ1v) is 5.57. The minimum atomic E-state index is 0.515. The molecule has 1 aromatic heterocycles. The minimum Gasteiger partial charge on any atom is -0.495 e. The summed E-state index contributed by atoms with van der Waals surface area (Å²) in [5.41, 5.74) is 6.34. The van der Waals surface area contributed by atoms with Gasteiger partial charge in [-0.1, -0.05) is 11.6 Å². The quantitative estimate of drug-likeness (QED) is 0.894. The van der Waals surface area contributed by atoms with Crippen LogP contribution in [-0.4, -0.2) is 28.4 Å². The van der Waals surface area contributed by atoms with Crippen LogP contribution in [0.3, 0.4) is 0 Å². The highest BCUT2D eigenvalue weighted by molar-refractivity contribution is 6.30. The SMILES string of the molecule is COc1ccc(Cl)cc1-n1cnnc1CCN. The average molecular weight is 253 g/mol. The number of hydrogen-bond donors (Lipinski definition) is 1. The van der Waals surface area contributed by atoms with E-state index in [0.717, 1.165) is 11.5 Å². The molecule has 0 aliphatic carbocycles. The van der Waals surface area contributed by atoms with Crippen LogP contribution in [0.1, 0.15) is 5.82 Å². The van der Waals surface area contributed by atoms with E-state index in [9.17, 15) is 0 Å². The normalized spacial score (nSPS) is 10.5. The first kappa shape index (κ1) is 11.9. The van der Waals surface area contributed by atoms with E-state index in [4.69, 9.17) is 22.1 Å². The van der Waals surface area contributed by atoms with Crippen molar-refractivity contribution in [2.45, 2.75) is 6.42 Å². The van der Waals surface area contributed by atoms with Crippen LogP contribution < -0.4 is 10.5 Å². The number of hydrogen-bond acceptors (Lipinski definition) is 4. The maximum absolute atomic E-state index is 5.99. The summed E-state index contributed by atoms with van der Waals surface area (Å²) in [6, 6.07) is 5.39. The maximum Gasteiger partial charge on any atom is 0.143 e. The van der Waals surface area contributed by atoms with Gasteiger partial charge in [0.2, 0.25) is 0 Å². The molecule has 0 atom stereocenters. The highest BCUT2D eigenvalue weighted by Gasteiger charge is 2.11. The van der Waals surface area contributed by atoms with Crippen LogP contribution in [0.5, 0.6) is 5.75 Å². The number of methoxy groups -OCH3 is 1. The Kier molecular flexibility index (Phi) is 3.61.